The normalized spacial score (nSPS) is 16.5. The molecule has 1 fully saturated rings. The lowest BCUT2D eigenvalue weighted by Gasteiger charge is -2.18. The van der Waals surface area contributed by atoms with E-state index in [0.717, 1.165) is 6.07 Å². The number of anilines is 1. The van der Waals surface area contributed by atoms with Crippen molar-refractivity contribution in [1.82, 2.24) is 9.88 Å². The Morgan fingerprint density at radius 3 is 2.83 bits per heavy atom. The molecule has 0 unspecified atom stereocenters. The zero-order valence-electron chi connectivity index (χ0n) is 16.4. The summed E-state index contributed by atoms with van der Waals surface area (Å²) in [5.41, 5.74) is 0.141. The zero-order valence-corrected chi connectivity index (χ0v) is 17.2. The van der Waals surface area contributed by atoms with E-state index in [-0.39, 0.29) is 42.9 Å². The Hall–Kier alpha value is -2.62. The van der Waals surface area contributed by atoms with Gasteiger partial charge in [0.25, 0.3) is 0 Å². The number of ether oxygens (including phenoxy) is 1. The van der Waals surface area contributed by atoms with Gasteiger partial charge in [0.1, 0.15) is 0 Å². The Morgan fingerprint density at radius 1 is 1.33 bits per heavy atom. The zero-order chi connectivity index (χ0) is 21.7. The number of aromatic nitrogens is 1. The van der Waals surface area contributed by atoms with Gasteiger partial charge in [0.2, 0.25) is 0 Å². The molecule has 0 radical (unpaired) electrons. The molecular formula is C20H22F3N3O3S. The van der Waals surface area contributed by atoms with Crippen molar-refractivity contribution in [2.24, 2.45) is 5.92 Å². The molecule has 1 aromatic carbocycles. The van der Waals surface area contributed by atoms with E-state index >= 15 is 0 Å². The van der Waals surface area contributed by atoms with E-state index in [1.54, 1.807) is 23.3 Å². The standard InChI is InChI=1S/C20H22F3N3O3S/c1-2-29-17(27)10-15-12-30-18(24-15)25-19(28)26-8-7-13(11-26)9-14-5-3-4-6-16(14)20(21,22)23/h3-6,12-13H,2,7-11H2,1H3,(H,24,25,28)/t13-/m1/s1. The summed E-state index contributed by atoms with van der Waals surface area (Å²) in [4.78, 5) is 29.8. The molecule has 162 valence electrons. The molecule has 1 aromatic heterocycles. The van der Waals surface area contributed by atoms with E-state index < -0.39 is 11.7 Å². The summed E-state index contributed by atoms with van der Waals surface area (Å²) in [6.07, 6.45) is -3.46. The lowest BCUT2D eigenvalue weighted by molar-refractivity contribution is -0.142. The molecule has 1 aliphatic heterocycles. The first kappa shape index (κ1) is 22.1. The van der Waals surface area contributed by atoms with Crippen LogP contribution in [-0.4, -0.2) is 41.6 Å². The summed E-state index contributed by atoms with van der Waals surface area (Å²) < 4.78 is 44.4. The summed E-state index contributed by atoms with van der Waals surface area (Å²) in [7, 11) is 0. The molecule has 1 atom stereocenters. The number of halogens is 3. The predicted octanol–water partition coefficient (Wildman–Crippen LogP) is 4.36. The molecule has 3 rings (SSSR count). The second-order valence-corrected chi connectivity index (χ2v) is 7.87. The number of rotatable bonds is 6. The molecule has 0 spiro atoms. The first-order chi connectivity index (χ1) is 14.3. The first-order valence-corrected chi connectivity index (χ1v) is 10.4. The summed E-state index contributed by atoms with van der Waals surface area (Å²) in [5, 5.41) is 4.73. The number of nitrogens with zero attached hydrogens (tertiary/aromatic N) is 2. The first-order valence-electron chi connectivity index (χ1n) is 9.57. The predicted molar refractivity (Wildman–Crippen MR) is 106 cm³/mol. The lowest BCUT2D eigenvalue weighted by atomic mass is 9.95. The van der Waals surface area contributed by atoms with Crippen LogP contribution in [0.2, 0.25) is 0 Å². The van der Waals surface area contributed by atoms with Crippen molar-refractivity contribution < 1.29 is 27.5 Å². The summed E-state index contributed by atoms with van der Waals surface area (Å²) >= 11 is 1.20. The highest BCUT2D eigenvalue weighted by Gasteiger charge is 2.34. The van der Waals surface area contributed by atoms with Gasteiger partial charge < -0.3 is 9.64 Å². The summed E-state index contributed by atoms with van der Waals surface area (Å²) in [5.74, 6) is -0.433. The van der Waals surface area contributed by atoms with Crippen LogP contribution in [0.3, 0.4) is 0 Å². The van der Waals surface area contributed by atoms with E-state index in [1.807, 2.05) is 0 Å². The smallest absolute Gasteiger partial charge is 0.416 e. The number of esters is 1. The molecule has 1 aliphatic rings. The van der Waals surface area contributed by atoms with Crippen LogP contribution < -0.4 is 5.32 Å². The van der Waals surface area contributed by atoms with Gasteiger partial charge in [-0.15, -0.1) is 11.3 Å². The third-order valence-corrected chi connectivity index (χ3v) is 5.61. The van der Waals surface area contributed by atoms with E-state index in [9.17, 15) is 22.8 Å². The van der Waals surface area contributed by atoms with Crippen LogP contribution in [-0.2, 0) is 28.5 Å². The van der Waals surface area contributed by atoms with Crippen molar-refractivity contribution in [3.05, 3.63) is 46.5 Å². The minimum atomic E-state index is -4.39. The Bertz CT molecular complexity index is 901. The van der Waals surface area contributed by atoms with Crippen molar-refractivity contribution in [2.75, 3.05) is 25.0 Å². The van der Waals surface area contributed by atoms with Crippen LogP contribution >= 0.6 is 11.3 Å². The number of benzene rings is 1. The highest BCUT2D eigenvalue weighted by Crippen LogP contribution is 2.34. The van der Waals surface area contributed by atoms with Crippen LogP contribution in [0.25, 0.3) is 0 Å². The lowest BCUT2D eigenvalue weighted by Crippen LogP contribution is -2.33. The number of amides is 2. The number of nitrogens with one attached hydrogen (secondary N) is 1. The highest BCUT2D eigenvalue weighted by molar-refractivity contribution is 7.13. The third kappa shape index (κ3) is 5.71. The second kappa shape index (κ2) is 9.46. The molecule has 0 aliphatic carbocycles. The van der Waals surface area contributed by atoms with Gasteiger partial charge in [-0.25, -0.2) is 9.78 Å². The Kier molecular flexibility index (Phi) is 6.96. The van der Waals surface area contributed by atoms with Crippen molar-refractivity contribution in [3.63, 3.8) is 0 Å². The van der Waals surface area contributed by atoms with Gasteiger partial charge >= 0.3 is 18.2 Å². The monoisotopic (exact) mass is 441 g/mol. The van der Waals surface area contributed by atoms with Crippen LogP contribution in [0.5, 0.6) is 0 Å². The van der Waals surface area contributed by atoms with Gasteiger partial charge in [-0.1, -0.05) is 18.2 Å². The van der Waals surface area contributed by atoms with E-state index in [0.29, 0.717) is 30.3 Å². The molecule has 1 N–H and O–H groups in total. The number of likely N-dealkylation sites (tertiary alicyclic amines) is 1. The van der Waals surface area contributed by atoms with Gasteiger partial charge in [0.15, 0.2) is 5.13 Å². The molecule has 10 heteroatoms. The Morgan fingerprint density at radius 2 is 2.10 bits per heavy atom. The largest absolute Gasteiger partial charge is 0.466 e. The summed E-state index contributed by atoms with van der Waals surface area (Å²) in [6, 6.07) is 5.21. The number of carbonyl (C=O) groups excluding carboxylic acids is 2. The maximum Gasteiger partial charge on any atom is 0.416 e. The fourth-order valence-electron chi connectivity index (χ4n) is 3.45. The van der Waals surface area contributed by atoms with Crippen molar-refractivity contribution in [1.29, 1.82) is 0 Å². The van der Waals surface area contributed by atoms with E-state index in [1.165, 1.54) is 23.5 Å². The van der Waals surface area contributed by atoms with Gasteiger partial charge in [0.05, 0.1) is 24.3 Å². The second-order valence-electron chi connectivity index (χ2n) is 7.02. The average Bonchev–Trinajstić information content (AvgIpc) is 3.31. The van der Waals surface area contributed by atoms with Crippen LogP contribution in [0.15, 0.2) is 29.6 Å². The topological polar surface area (TPSA) is 71.5 Å². The molecule has 2 heterocycles. The summed E-state index contributed by atoms with van der Waals surface area (Å²) in [6.45, 7) is 2.84. The number of urea groups is 1. The number of thiazole rings is 1. The van der Waals surface area contributed by atoms with Gasteiger partial charge in [-0.2, -0.15) is 13.2 Å². The molecule has 1 saturated heterocycles. The van der Waals surface area contributed by atoms with Crippen LogP contribution in [0.1, 0.15) is 30.2 Å². The van der Waals surface area contributed by atoms with E-state index in [2.05, 4.69) is 10.3 Å². The SMILES string of the molecule is CCOC(=O)Cc1csc(NC(=O)N2CC[C@H](Cc3ccccc3C(F)(F)F)C2)n1. The quantitative estimate of drug-likeness (QED) is 0.676. The highest BCUT2D eigenvalue weighted by atomic mass is 32.1. The van der Waals surface area contributed by atoms with E-state index in [4.69, 9.17) is 4.74 Å². The van der Waals surface area contributed by atoms with Crippen LogP contribution in [0.4, 0.5) is 23.1 Å². The minimum absolute atomic E-state index is 0.0324. The van der Waals surface area contributed by atoms with Gasteiger partial charge in [-0.05, 0) is 37.3 Å². The molecule has 30 heavy (non-hydrogen) atoms. The average molecular weight is 441 g/mol. The molecule has 2 amide bonds. The van der Waals surface area contributed by atoms with Gasteiger partial charge in [-0.3, -0.25) is 10.1 Å². The van der Waals surface area contributed by atoms with Gasteiger partial charge in [0, 0.05) is 18.5 Å². The van der Waals surface area contributed by atoms with Crippen molar-refractivity contribution >= 4 is 28.5 Å². The minimum Gasteiger partial charge on any atom is -0.466 e. The molecule has 0 saturated carbocycles. The van der Waals surface area contributed by atoms with Crippen molar-refractivity contribution in [2.45, 2.75) is 32.4 Å². The van der Waals surface area contributed by atoms with Crippen LogP contribution in [0, 0.1) is 5.92 Å². The number of hydrogen-bond acceptors (Lipinski definition) is 5. The molecule has 0 bridgehead atoms. The number of alkyl halides is 3. The molecule has 6 nitrogen and oxygen atoms in total. The molecular weight excluding hydrogens is 419 g/mol. The fourth-order valence-corrected chi connectivity index (χ4v) is 4.15. The van der Waals surface area contributed by atoms with Crippen molar-refractivity contribution in [3.8, 4) is 0 Å². The molecule has 2 aromatic rings. The number of hydrogen-bond donors (Lipinski definition) is 1. The third-order valence-electron chi connectivity index (χ3n) is 4.80. The Labute approximate surface area is 176 Å². The maximum atomic E-state index is 13.2. The maximum absolute atomic E-state index is 13.2. The Balaban J connectivity index is 1.54. The number of carbonyl (C=O) groups is 2. The fraction of sp³-hybridized carbons (Fsp3) is 0.450.